The maximum atomic E-state index is 12.5. The van der Waals surface area contributed by atoms with E-state index in [-0.39, 0.29) is 24.1 Å². The van der Waals surface area contributed by atoms with Crippen molar-refractivity contribution in [2.45, 2.75) is 66.2 Å². The standard InChI is InChI=1S/C20H29NO3/c1-7-23-18-12-17-10-15(6)24-19(17)11-16(18)8-9-20(22)21(13(2)3)14(4)5/h8-9,11-15H,7,10H2,1-6H3/b9-8+. The van der Waals surface area contributed by atoms with E-state index in [4.69, 9.17) is 9.47 Å². The largest absolute Gasteiger partial charge is 0.493 e. The minimum Gasteiger partial charge on any atom is -0.493 e. The van der Waals surface area contributed by atoms with Crippen LogP contribution in [0.5, 0.6) is 11.5 Å². The van der Waals surface area contributed by atoms with Crippen LogP contribution in [-0.2, 0) is 11.2 Å². The van der Waals surface area contributed by atoms with E-state index in [1.165, 1.54) is 5.56 Å². The van der Waals surface area contributed by atoms with Gasteiger partial charge in [0.25, 0.3) is 0 Å². The molecular weight excluding hydrogens is 302 g/mol. The van der Waals surface area contributed by atoms with E-state index in [0.29, 0.717) is 6.61 Å². The van der Waals surface area contributed by atoms with Gasteiger partial charge in [0.1, 0.15) is 17.6 Å². The van der Waals surface area contributed by atoms with Gasteiger partial charge in [0.2, 0.25) is 5.91 Å². The van der Waals surface area contributed by atoms with E-state index in [9.17, 15) is 4.79 Å². The molecule has 1 atom stereocenters. The molecule has 0 aromatic heterocycles. The second-order valence-electron chi connectivity index (χ2n) is 6.83. The van der Waals surface area contributed by atoms with Gasteiger partial charge in [0, 0.05) is 35.7 Å². The third-order valence-electron chi connectivity index (χ3n) is 4.10. The van der Waals surface area contributed by atoms with Gasteiger partial charge in [0.15, 0.2) is 0 Å². The molecule has 132 valence electrons. The van der Waals surface area contributed by atoms with Crippen molar-refractivity contribution in [3.05, 3.63) is 29.3 Å². The number of hydrogen-bond acceptors (Lipinski definition) is 3. The van der Waals surface area contributed by atoms with Crippen molar-refractivity contribution in [3.63, 3.8) is 0 Å². The summed E-state index contributed by atoms with van der Waals surface area (Å²) in [6.45, 7) is 12.7. The molecule has 0 saturated heterocycles. The van der Waals surface area contributed by atoms with Crippen LogP contribution < -0.4 is 9.47 Å². The predicted molar refractivity (Wildman–Crippen MR) is 97.6 cm³/mol. The molecule has 24 heavy (non-hydrogen) atoms. The molecule has 1 aromatic rings. The molecule has 0 radical (unpaired) electrons. The first-order valence-corrected chi connectivity index (χ1v) is 8.80. The van der Waals surface area contributed by atoms with E-state index in [1.54, 1.807) is 6.08 Å². The minimum atomic E-state index is 0.0113. The van der Waals surface area contributed by atoms with E-state index in [1.807, 2.05) is 57.7 Å². The lowest BCUT2D eigenvalue weighted by Gasteiger charge is -2.29. The second kappa shape index (κ2) is 7.73. The summed E-state index contributed by atoms with van der Waals surface area (Å²) in [4.78, 5) is 14.4. The van der Waals surface area contributed by atoms with Crippen LogP contribution in [0.25, 0.3) is 6.08 Å². The molecule has 1 unspecified atom stereocenters. The smallest absolute Gasteiger partial charge is 0.247 e. The van der Waals surface area contributed by atoms with E-state index < -0.39 is 0 Å². The molecule has 1 aliphatic heterocycles. The summed E-state index contributed by atoms with van der Waals surface area (Å²) in [5, 5.41) is 0. The quantitative estimate of drug-likeness (QED) is 0.738. The van der Waals surface area contributed by atoms with Gasteiger partial charge < -0.3 is 14.4 Å². The summed E-state index contributed by atoms with van der Waals surface area (Å²) in [5.74, 6) is 1.71. The Hall–Kier alpha value is -1.97. The fourth-order valence-corrected chi connectivity index (χ4v) is 3.22. The van der Waals surface area contributed by atoms with Crippen molar-refractivity contribution in [3.8, 4) is 11.5 Å². The summed E-state index contributed by atoms with van der Waals surface area (Å²) in [7, 11) is 0. The highest BCUT2D eigenvalue weighted by atomic mass is 16.5. The van der Waals surface area contributed by atoms with Crippen LogP contribution in [0.1, 0.15) is 52.7 Å². The number of fused-ring (bicyclic) bond motifs is 1. The topological polar surface area (TPSA) is 38.8 Å². The monoisotopic (exact) mass is 331 g/mol. The summed E-state index contributed by atoms with van der Waals surface area (Å²) in [6.07, 6.45) is 4.54. The predicted octanol–water partition coefficient (Wildman–Crippen LogP) is 4.07. The van der Waals surface area contributed by atoms with E-state index in [2.05, 4.69) is 6.92 Å². The van der Waals surface area contributed by atoms with Crippen molar-refractivity contribution in [2.75, 3.05) is 6.61 Å². The van der Waals surface area contributed by atoms with Gasteiger partial charge in [-0.2, -0.15) is 0 Å². The number of carbonyl (C=O) groups excluding carboxylic acids is 1. The fraction of sp³-hybridized carbons (Fsp3) is 0.550. The van der Waals surface area contributed by atoms with Crippen molar-refractivity contribution in [1.29, 1.82) is 0 Å². The summed E-state index contributed by atoms with van der Waals surface area (Å²) in [5.41, 5.74) is 2.05. The van der Waals surface area contributed by atoms with Crippen LogP contribution in [0.4, 0.5) is 0 Å². The second-order valence-corrected chi connectivity index (χ2v) is 6.83. The van der Waals surface area contributed by atoms with Gasteiger partial charge in [-0.15, -0.1) is 0 Å². The average Bonchev–Trinajstić information content (AvgIpc) is 2.83. The minimum absolute atomic E-state index is 0.0113. The van der Waals surface area contributed by atoms with Gasteiger partial charge in [0.05, 0.1) is 6.61 Å². The number of amides is 1. The summed E-state index contributed by atoms with van der Waals surface area (Å²) < 4.78 is 11.6. The third kappa shape index (κ3) is 4.11. The molecular formula is C20H29NO3. The first kappa shape index (κ1) is 18.4. The molecule has 0 spiro atoms. The normalized spacial score (nSPS) is 16.6. The first-order chi connectivity index (χ1) is 11.3. The first-order valence-electron chi connectivity index (χ1n) is 8.80. The lowest BCUT2D eigenvalue weighted by molar-refractivity contribution is -0.129. The Morgan fingerprint density at radius 1 is 1.33 bits per heavy atom. The molecule has 2 rings (SSSR count). The highest BCUT2D eigenvalue weighted by Crippen LogP contribution is 2.35. The molecule has 4 heteroatoms. The zero-order valence-corrected chi connectivity index (χ0v) is 15.6. The Morgan fingerprint density at radius 2 is 2.00 bits per heavy atom. The number of carbonyl (C=O) groups is 1. The van der Waals surface area contributed by atoms with E-state index >= 15 is 0 Å². The third-order valence-corrected chi connectivity index (χ3v) is 4.10. The number of ether oxygens (including phenoxy) is 2. The van der Waals surface area contributed by atoms with Crippen LogP contribution in [0.15, 0.2) is 18.2 Å². The fourth-order valence-electron chi connectivity index (χ4n) is 3.22. The molecule has 0 saturated carbocycles. The lowest BCUT2D eigenvalue weighted by atomic mass is 10.1. The van der Waals surface area contributed by atoms with Gasteiger partial charge >= 0.3 is 0 Å². The molecule has 4 nitrogen and oxygen atoms in total. The maximum absolute atomic E-state index is 12.5. The molecule has 0 fully saturated rings. The van der Waals surface area contributed by atoms with Crippen LogP contribution in [-0.4, -0.2) is 35.6 Å². The highest BCUT2D eigenvalue weighted by Gasteiger charge is 2.22. The van der Waals surface area contributed by atoms with Crippen molar-refractivity contribution in [2.24, 2.45) is 0 Å². The van der Waals surface area contributed by atoms with Crippen LogP contribution in [0.3, 0.4) is 0 Å². The van der Waals surface area contributed by atoms with Gasteiger partial charge in [-0.05, 0) is 59.8 Å². The van der Waals surface area contributed by atoms with Gasteiger partial charge in [-0.1, -0.05) is 0 Å². The molecule has 1 amide bonds. The Balaban J connectivity index is 2.28. The maximum Gasteiger partial charge on any atom is 0.247 e. The van der Waals surface area contributed by atoms with Gasteiger partial charge in [-0.3, -0.25) is 4.79 Å². The molecule has 0 N–H and O–H groups in total. The molecule has 0 aliphatic carbocycles. The van der Waals surface area contributed by atoms with Gasteiger partial charge in [-0.25, -0.2) is 0 Å². The Bertz CT molecular complexity index is 612. The highest BCUT2D eigenvalue weighted by molar-refractivity contribution is 5.92. The zero-order chi connectivity index (χ0) is 17.9. The summed E-state index contributed by atoms with van der Waals surface area (Å²) in [6, 6.07) is 4.34. The average molecular weight is 331 g/mol. The van der Waals surface area contributed by atoms with Crippen LogP contribution in [0, 0.1) is 0 Å². The molecule has 1 aliphatic rings. The number of rotatable bonds is 6. The van der Waals surface area contributed by atoms with Crippen LogP contribution in [0.2, 0.25) is 0 Å². The number of nitrogens with zero attached hydrogens (tertiary/aromatic N) is 1. The van der Waals surface area contributed by atoms with E-state index in [0.717, 1.165) is 23.5 Å². The number of hydrogen-bond donors (Lipinski definition) is 0. The summed E-state index contributed by atoms with van der Waals surface area (Å²) >= 11 is 0. The number of benzene rings is 1. The van der Waals surface area contributed by atoms with Crippen molar-refractivity contribution < 1.29 is 14.3 Å². The Morgan fingerprint density at radius 3 is 2.58 bits per heavy atom. The molecule has 1 aromatic carbocycles. The van der Waals surface area contributed by atoms with Crippen LogP contribution >= 0.6 is 0 Å². The SMILES string of the molecule is CCOc1cc2c(cc1/C=C/C(=O)N(C(C)C)C(C)C)OC(C)C2. The van der Waals surface area contributed by atoms with Crippen molar-refractivity contribution in [1.82, 2.24) is 4.90 Å². The Labute approximate surface area is 145 Å². The lowest BCUT2D eigenvalue weighted by Crippen LogP contribution is -2.41. The molecule has 0 bridgehead atoms. The van der Waals surface area contributed by atoms with Crippen molar-refractivity contribution >= 4 is 12.0 Å². The zero-order valence-electron chi connectivity index (χ0n) is 15.6. The molecule has 1 heterocycles. The Kier molecular flexibility index (Phi) is 5.92.